The fourth-order valence-electron chi connectivity index (χ4n) is 3.24. The van der Waals surface area contributed by atoms with E-state index in [0.29, 0.717) is 11.4 Å². The van der Waals surface area contributed by atoms with Crippen LogP contribution in [0.5, 0.6) is 0 Å². The number of hydrogen-bond donors (Lipinski definition) is 1. The summed E-state index contributed by atoms with van der Waals surface area (Å²) in [6.45, 7) is 2.03. The van der Waals surface area contributed by atoms with Gasteiger partial charge in [0.1, 0.15) is 5.82 Å². The fourth-order valence-corrected chi connectivity index (χ4v) is 3.60. The first-order chi connectivity index (χ1) is 9.94. The molecule has 112 valence electrons. The summed E-state index contributed by atoms with van der Waals surface area (Å²) in [6.07, 6.45) is 3.02. The van der Waals surface area contributed by atoms with E-state index in [1.807, 2.05) is 24.7 Å². The van der Waals surface area contributed by atoms with Crippen LogP contribution in [0.15, 0.2) is 18.2 Å². The number of fused-ring (bicyclic) bond motifs is 1. The molecule has 5 heteroatoms. The van der Waals surface area contributed by atoms with E-state index < -0.39 is 5.54 Å². The van der Waals surface area contributed by atoms with Gasteiger partial charge in [-0.25, -0.2) is 4.39 Å². The lowest BCUT2D eigenvalue weighted by molar-refractivity contribution is 0.425. The van der Waals surface area contributed by atoms with Crippen LogP contribution in [0.1, 0.15) is 35.9 Å². The van der Waals surface area contributed by atoms with Crippen molar-refractivity contribution >= 4 is 11.6 Å². The molecule has 0 radical (unpaired) electrons. The highest BCUT2D eigenvalue weighted by Gasteiger charge is 2.37. The lowest BCUT2D eigenvalue weighted by Crippen LogP contribution is -2.37. The molecule has 3 rings (SSSR count). The minimum absolute atomic E-state index is 0.204. The van der Waals surface area contributed by atoms with Crippen LogP contribution in [0.3, 0.4) is 0 Å². The quantitative estimate of drug-likeness (QED) is 0.947. The standard InChI is InChI=1S/C16H19ClFN3/c1-3-13-15(17)14(21(2)20-13)9-16(19)7-6-10-8-11(18)4-5-12(10)16/h4-5,8H,3,6-7,9,19H2,1-2H3. The van der Waals surface area contributed by atoms with Crippen LogP contribution < -0.4 is 5.73 Å². The zero-order valence-corrected chi connectivity index (χ0v) is 13.0. The summed E-state index contributed by atoms with van der Waals surface area (Å²) in [7, 11) is 1.89. The molecule has 0 saturated heterocycles. The first kappa shape index (κ1) is 14.5. The van der Waals surface area contributed by atoms with Crippen LogP contribution in [-0.2, 0) is 31.8 Å². The van der Waals surface area contributed by atoms with Gasteiger partial charge in [0.05, 0.1) is 16.4 Å². The first-order valence-electron chi connectivity index (χ1n) is 7.22. The van der Waals surface area contributed by atoms with Crippen molar-refractivity contribution in [3.05, 3.63) is 51.6 Å². The van der Waals surface area contributed by atoms with Gasteiger partial charge in [0.25, 0.3) is 0 Å². The van der Waals surface area contributed by atoms with Crippen molar-refractivity contribution in [3.63, 3.8) is 0 Å². The Bertz CT molecular complexity index is 695. The number of benzene rings is 1. The Labute approximate surface area is 128 Å². The van der Waals surface area contributed by atoms with Crippen molar-refractivity contribution in [1.82, 2.24) is 9.78 Å². The third kappa shape index (κ3) is 2.36. The third-order valence-corrected chi connectivity index (χ3v) is 4.87. The number of rotatable bonds is 3. The average molecular weight is 308 g/mol. The average Bonchev–Trinajstić information content (AvgIpc) is 2.91. The van der Waals surface area contributed by atoms with E-state index in [0.717, 1.165) is 41.8 Å². The molecule has 0 amide bonds. The van der Waals surface area contributed by atoms with Crippen LogP contribution in [0, 0.1) is 5.82 Å². The number of aryl methyl sites for hydroxylation is 3. The lowest BCUT2D eigenvalue weighted by Gasteiger charge is -2.25. The van der Waals surface area contributed by atoms with E-state index in [1.54, 1.807) is 6.07 Å². The Balaban J connectivity index is 1.98. The number of nitrogens with two attached hydrogens (primary N) is 1. The van der Waals surface area contributed by atoms with Gasteiger partial charge in [-0.1, -0.05) is 24.6 Å². The maximum absolute atomic E-state index is 13.3. The van der Waals surface area contributed by atoms with Gasteiger partial charge in [-0.05, 0) is 42.5 Å². The smallest absolute Gasteiger partial charge is 0.123 e. The predicted octanol–water partition coefficient (Wildman–Crippen LogP) is 3.12. The van der Waals surface area contributed by atoms with Gasteiger partial charge < -0.3 is 5.73 Å². The van der Waals surface area contributed by atoms with E-state index in [-0.39, 0.29) is 5.82 Å². The molecule has 1 atom stereocenters. The Hall–Kier alpha value is -1.39. The van der Waals surface area contributed by atoms with E-state index >= 15 is 0 Å². The Kier molecular flexibility index (Phi) is 3.54. The maximum atomic E-state index is 13.3. The summed E-state index contributed by atoms with van der Waals surface area (Å²) in [5.41, 5.74) is 10.0. The summed E-state index contributed by atoms with van der Waals surface area (Å²) >= 11 is 6.42. The zero-order valence-electron chi connectivity index (χ0n) is 12.3. The summed E-state index contributed by atoms with van der Waals surface area (Å²) in [5.74, 6) is -0.204. The normalized spacial score (nSPS) is 20.8. The third-order valence-electron chi connectivity index (χ3n) is 4.43. The maximum Gasteiger partial charge on any atom is 0.123 e. The van der Waals surface area contributed by atoms with Crippen LogP contribution in [-0.4, -0.2) is 9.78 Å². The van der Waals surface area contributed by atoms with Crippen LogP contribution in [0.2, 0.25) is 5.02 Å². The number of halogens is 2. The van der Waals surface area contributed by atoms with Crippen molar-refractivity contribution in [1.29, 1.82) is 0 Å². The molecule has 1 aromatic carbocycles. The molecule has 1 unspecified atom stereocenters. The number of aromatic nitrogens is 2. The zero-order chi connectivity index (χ0) is 15.2. The molecule has 0 fully saturated rings. The second-order valence-electron chi connectivity index (χ2n) is 5.82. The van der Waals surface area contributed by atoms with E-state index in [4.69, 9.17) is 17.3 Å². The van der Waals surface area contributed by atoms with Crippen molar-refractivity contribution < 1.29 is 4.39 Å². The molecule has 0 aliphatic heterocycles. The number of nitrogens with zero attached hydrogens (tertiary/aromatic N) is 2. The fraction of sp³-hybridized carbons (Fsp3) is 0.438. The molecule has 1 aliphatic rings. The molecule has 2 aromatic rings. The molecular weight excluding hydrogens is 289 g/mol. The largest absolute Gasteiger partial charge is 0.321 e. The van der Waals surface area contributed by atoms with Gasteiger partial charge in [-0.15, -0.1) is 0 Å². The van der Waals surface area contributed by atoms with Gasteiger partial charge in [0.2, 0.25) is 0 Å². The molecule has 3 nitrogen and oxygen atoms in total. The van der Waals surface area contributed by atoms with Crippen molar-refractivity contribution in [3.8, 4) is 0 Å². The summed E-state index contributed by atoms with van der Waals surface area (Å²) in [5, 5.41) is 5.15. The highest BCUT2D eigenvalue weighted by Crippen LogP contribution is 2.39. The molecule has 1 aliphatic carbocycles. The van der Waals surface area contributed by atoms with Crippen molar-refractivity contribution in [2.24, 2.45) is 12.8 Å². The monoisotopic (exact) mass is 307 g/mol. The minimum Gasteiger partial charge on any atom is -0.321 e. The summed E-state index contributed by atoms with van der Waals surface area (Å²) in [6, 6.07) is 4.88. The molecule has 0 spiro atoms. The molecule has 2 N–H and O–H groups in total. The van der Waals surface area contributed by atoms with Gasteiger partial charge in [-0.3, -0.25) is 4.68 Å². The topological polar surface area (TPSA) is 43.8 Å². The lowest BCUT2D eigenvalue weighted by atomic mass is 9.88. The van der Waals surface area contributed by atoms with Gasteiger partial charge in [0, 0.05) is 19.0 Å². The van der Waals surface area contributed by atoms with Crippen LogP contribution >= 0.6 is 11.6 Å². The molecule has 0 bridgehead atoms. The minimum atomic E-state index is -0.495. The molecule has 1 heterocycles. The molecule has 0 saturated carbocycles. The van der Waals surface area contributed by atoms with Gasteiger partial charge in [-0.2, -0.15) is 5.10 Å². The number of hydrogen-bond acceptors (Lipinski definition) is 2. The van der Waals surface area contributed by atoms with E-state index in [2.05, 4.69) is 5.10 Å². The first-order valence-corrected chi connectivity index (χ1v) is 7.60. The summed E-state index contributed by atoms with van der Waals surface area (Å²) < 4.78 is 15.2. The van der Waals surface area contributed by atoms with Crippen LogP contribution in [0.4, 0.5) is 4.39 Å². The SMILES string of the molecule is CCc1nn(C)c(CC2(N)CCc3cc(F)ccc32)c1Cl. The molecule has 21 heavy (non-hydrogen) atoms. The second-order valence-corrected chi connectivity index (χ2v) is 6.20. The highest BCUT2D eigenvalue weighted by molar-refractivity contribution is 6.31. The van der Waals surface area contributed by atoms with Gasteiger partial charge >= 0.3 is 0 Å². The van der Waals surface area contributed by atoms with Crippen LogP contribution in [0.25, 0.3) is 0 Å². The van der Waals surface area contributed by atoms with Crippen molar-refractivity contribution in [2.75, 3.05) is 0 Å². The van der Waals surface area contributed by atoms with Crippen molar-refractivity contribution in [2.45, 2.75) is 38.1 Å². The highest BCUT2D eigenvalue weighted by atomic mass is 35.5. The van der Waals surface area contributed by atoms with Gasteiger partial charge in [0.15, 0.2) is 0 Å². The second kappa shape index (κ2) is 5.11. The summed E-state index contributed by atoms with van der Waals surface area (Å²) in [4.78, 5) is 0. The Morgan fingerprint density at radius 2 is 2.24 bits per heavy atom. The van der Waals surface area contributed by atoms with E-state index in [1.165, 1.54) is 6.07 Å². The predicted molar refractivity (Wildman–Crippen MR) is 81.9 cm³/mol. The Morgan fingerprint density at radius 3 is 2.90 bits per heavy atom. The molecule has 1 aromatic heterocycles. The Morgan fingerprint density at radius 1 is 1.48 bits per heavy atom. The van der Waals surface area contributed by atoms with E-state index in [9.17, 15) is 4.39 Å². The molecular formula is C16H19ClFN3.